The average Bonchev–Trinajstić information content (AvgIpc) is 2.24. The number of halogens is 1. The van der Waals surface area contributed by atoms with Crippen LogP contribution >= 0.6 is 15.9 Å². The van der Waals surface area contributed by atoms with Crippen LogP contribution in [0.25, 0.3) is 0 Å². The average molecular weight is 296 g/mol. The van der Waals surface area contributed by atoms with Crippen LogP contribution in [0.15, 0.2) is 34.3 Å². The van der Waals surface area contributed by atoms with Crippen LogP contribution in [-0.4, -0.2) is 6.54 Å². The van der Waals surface area contributed by atoms with Crippen molar-refractivity contribution >= 4 is 15.9 Å². The molecule has 2 heteroatoms. The van der Waals surface area contributed by atoms with E-state index in [0.29, 0.717) is 6.04 Å². The van der Waals surface area contributed by atoms with Gasteiger partial charge in [0.25, 0.3) is 0 Å². The molecule has 0 radical (unpaired) electrons. The molecule has 1 N–H and O–H groups in total. The quantitative estimate of drug-likeness (QED) is 0.772. The molecule has 94 valence electrons. The zero-order chi connectivity index (χ0) is 12.8. The minimum absolute atomic E-state index is 0.301. The normalized spacial score (nSPS) is 12.3. The first-order valence-electron chi connectivity index (χ1n) is 6.19. The van der Waals surface area contributed by atoms with Gasteiger partial charge < -0.3 is 5.32 Å². The van der Waals surface area contributed by atoms with Gasteiger partial charge in [0.2, 0.25) is 0 Å². The van der Waals surface area contributed by atoms with Crippen molar-refractivity contribution in [2.24, 2.45) is 0 Å². The van der Waals surface area contributed by atoms with E-state index in [4.69, 9.17) is 0 Å². The highest BCUT2D eigenvalue weighted by molar-refractivity contribution is 9.10. The van der Waals surface area contributed by atoms with Gasteiger partial charge >= 0.3 is 0 Å². The van der Waals surface area contributed by atoms with E-state index in [1.165, 1.54) is 21.2 Å². The number of rotatable bonds is 5. The molecule has 1 atom stereocenters. The fourth-order valence-corrected chi connectivity index (χ4v) is 2.52. The largest absolute Gasteiger partial charge is 0.307 e. The number of hydrogen-bond acceptors (Lipinski definition) is 1. The Balaban J connectivity index is 2.99. The maximum atomic E-state index is 3.66. The fourth-order valence-electron chi connectivity index (χ4n) is 1.78. The zero-order valence-corrected chi connectivity index (χ0v) is 12.8. The molecule has 0 saturated heterocycles. The second kappa shape index (κ2) is 6.97. The monoisotopic (exact) mass is 295 g/mol. The Morgan fingerprint density at radius 3 is 2.65 bits per heavy atom. The summed E-state index contributed by atoms with van der Waals surface area (Å²) in [5.74, 6) is 0. The van der Waals surface area contributed by atoms with Gasteiger partial charge in [0, 0.05) is 4.47 Å². The van der Waals surface area contributed by atoms with Crippen LogP contribution in [0.5, 0.6) is 0 Å². The summed E-state index contributed by atoms with van der Waals surface area (Å²) in [6.07, 6.45) is 3.43. The molecule has 1 nitrogen and oxygen atoms in total. The maximum Gasteiger partial charge on any atom is 0.0519 e. The molecule has 0 bridgehead atoms. The lowest BCUT2D eigenvalue weighted by Gasteiger charge is -2.18. The molecule has 0 fully saturated rings. The number of aryl methyl sites for hydroxylation is 1. The molecular weight excluding hydrogens is 274 g/mol. The Kier molecular flexibility index (Phi) is 5.93. The van der Waals surface area contributed by atoms with Crippen LogP contribution in [0.4, 0.5) is 0 Å². The lowest BCUT2D eigenvalue weighted by Crippen LogP contribution is -2.21. The van der Waals surface area contributed by atoms with E-state index < -0.39 is 0 Å². The summed E-state index contributed by atoms with van der Waals surface area (Å²) in [6.45, 7) is 9.63. The maximum absolute atomic E-state index is 3.66. The van der Waals surface area contributed by atoms with Crippen molar-refractivity contribution in [3.63, 3.8) is 0 Å². The summed E-state index contributed by atoms with van der Waals surface area (Å²) in [5, 5.41) is 3.57. The summed E-state index contributed by atoms with van der Waals surface area (Å²) in [4.78, 5) is 0. The van der Waals surface area contributed by atoms with Crippen molar-refractivity contribution < 1.29 is 0 Å². The second-order valence-corrected chi connectivity index (χ2v) is 5.56. The lowest BCUT2D eigenvalue weighted by atomic mass is 10.0. The van der Waals surface area contributed by atoms with Crippen molar-refractivity contribution in [1.29, 1.82) is 0 Å². The molecule has 0 aromatic heterocycles. The molecule has 1 aromatic rings. The predicted octanol–water partition coefficient (Wildman–Crippen LogP) is 4.76. The molecule has 1 aromatic carbocycles. The first-order valence-corrected chi connectivity index (χ1v) is 6.98. The smallest absolute Gasteiger partial charge is 0.0519 e. The van der Waals surface area contributed by atoms with Gasteiger partial charge in [-0.05, 0) is 50.9 Å². The van der Waals surface area contributed by atoms with Gasteiger partial charge in [-0.25, -0.2) is 0 Å². The Hall–Kier alpha value is -0.600. The highest BCUT2D eigenvalue weighted by Gasteiger charge is 2.10. The van der Waals surface area contributed by atoms with E-state index in [2.05, 4.69) is 73.2 Å². The molecule has 0 saturated carbocycles. The second-order valence-electron chi connectivity index (χ2n) is 4.70. The van der Waals surface area contributed by atoms with Gasteiger partial charge in [0.05, 0.1) is 6.04 Å². The van der Waals surface area contributed by atoms with Gasteiger partial charge in [0.15, 0.2) is 0 Å². The summed E-state index contributed by atoms with van der Waals surface area (Å²) < 4.78 is 1.18. The van der Waals surface area contributed by atoms with Crippen molar-refractivity contribution in [3.8, 4) is 0 Å². The predicted molar refractivity (Wildman–Crippen MR) is 79.3 cm³/mol. The fraction of sp³-hybridized carbons (Fsp3) is 0.467. The minimum atomic E-state index is 0.301. The first kappa shape index (κ1) is 14.5. The minimum Gasteiger partial charge on any atom is -0.307 e. The standard InChI is InChI=1S/C15H22BrN/c1-5-8-17-15(9-11(2)3)13-7-6-12(4)10-14(13)16/h6-7,9-10,15,17H,5,8H2,1-4H3. The summed E-state index contributed by atoms with van der Waals surface area (Å²) in [6, 6.07) is 6.84. The Bertz CT molecular complexity index is 392. The van der Waals surface area contributed by atoms with Crippen LogP contribution in [-0.2, 0) is 0 Å². The topological polar surface area (TPSA) is 12.0 Å². The molecule has 0 amide bonds. The molecule has 0 spiro atoms. The number of allylic oxidation sites excluding steroid dienone is 1. The number of hydrogen-bond donors (Lipinski definition) is 1. The summed E-state index contributed by atoms with van der Waals surface area (Å²) >= 11 is 3.66. The van der Waals surface area contributed by atoms with E-state index >= 15 is 0 Å². The van der Waals surface area contributed by atoms with Gasteiger partial charge in [-0.1, -0.05) is 46.6 Å². The van der Waals surface area contributed by atoms with Gasteiger partial charge in [0.1, 0.15) is 0 Å². The molecule has 0 aliphatic carbocycles. The van der Waals surface area contributed by atoms with Crippen molar-refractivity contribution in [2.75, 3.05) is 6.54 Å². The zero-order valence-electron chi connectivity index (χ0n) is 11.2. The molecule has 0 aliphatic heterocycles. The third-order valence-electron chi connectivity index (χ3n) is 2.61. The Labute approximate surface area is 113 Å². The molecule has 0 aliphatic rings. The molecular formula is C15H22BrN. The third-order valence-corrected chi connectivity index (χ3v) is 3.29. The molecule has 17 heavy (non-hydrogen) atoms. The Morgan fingerprint density at radius 2 is 2.12 bits per heavy atom. The molecule has 1 rings (SSSR count). The van der Waals surface area contributed by atoms with Crippen molar-refractivity contribution in [3.05, 3.63) is 45.4 Å². The first-order chi connectivity index (χ1) is 8.04. The highest BCUT2D eigenvalue weighted by atomic mass is 79.9. The summed E-state index contributed by atoms with van der Waals surface area (Å²) in [7, 11) is 0. The Morgan fingerprint density at radius 1 is 1.41 bits per heavy atom. The third kappa shape index (κ3) is 4.64. The van der Waals surface area contributed by atoms with Crippen LogP contribution in [0.2, 0.25) is 0 Å². The van der Waals surface area contributed by atoms with Crippen molar-refractivity contribution in [1.82, 2.24) is 5.32 Å². The van der Waals surface area contributed by atoms with Crippen LogP contribution in [0, 0.1) is 6.92 Å². The van der Waals surface area contributed by atoms with Gasteiger partial charge in [-0.2, -0.15) is 0 Å². The highest BCUT2D eigenvalue weighted by Crippen LogP contribution is 2.26. The summed E-state index contributed by atoms with van der Waals surface area (Å²) in [5.41, 5.74) is 3.93. The van der Waals surface area contributed by atoms with Gasteiger partial charge in [-0.3, -0.25) is 0 Å². The molecule has 0 heterocycles. The van der Waals surface area contributed by atoms with Gasteiger partial charge in [-0.15, -0.1) is 0 Å². The van der Waals surface area contributed by atoms with E-state index in [-0.39, 0.29) is 0 Å². The van der Waals surface area contributed by atoms with E-state index in [1.54, 1.807) is 0 Å². The van der Waals surface area contributed by atoms with E-state index in [1.807, 2.05) is 0 Å². The lowest BCUT2D eigenvalue weighted by molar-refractivity contribution is 0.608. The van der Waals surface area contributed by atoms with Crippen LogP contribution < -0.4 is 5.32 Å². The SMILES string of the molecule is CCCNC(C=C(C)C)c1ccc(C)cc1Br. The molecule has 1 unspecified atom stereocenters. The number of nitrogens with one attached hydrogen (secondary N) is 1. The van der Waals surface area contributed by atoms with Crippen LogP contribution in [0.3, 0.4) is 0 Å². The van der Waals surface area contributed by atoms with Crippen molar-refractivity contribution in [2.45, 2.75) is 40.2 Å². The van der Waals surface area contributed by atoms with E-state index in [0.717, 1.165) is 13.0 Å². The number of benzene rings is 1. The van der Waals surface area contributed by atoms with E-state index in [9.17, 15) is 0 Å². The van der Waals surface area contributed by atoms with Crippen LogP contribution in [0.1, 0.15) is 44.4 Å².